The highest BCUT2D eigenvalue weighted by molar-refractivity contribution is 7.20. The van der Waals surface area contributed by atoms with Gasteiger partial charge in [0.25, 0.3) is 0 Å². The van der Waals surface area contributed by atoms with Gasteiger partial charge in [0.15, 0.2) is 8.07 Å². The average Bonchev–Trinajstić information content (AvgIpc) is 3.91. The van der Waals surface area contributed by atoms with Crippen LogP contribution in [-0.4, -0.2) is 17.6 Å². The molecule has 5 nitrogen and oxygen atoms in total. The highest BCUT2D eigenvalue weighted by Crippen LogP contribution is 2.45. The van der Waals surface area contributed by atoms with Crippen molar-refractivity contribution in [3.05, 3.63) is 230 Å². The van der Waals surface area contributed by atoms with Gasteiger partial charge in [0, 0.05) is 17.0 Å². The molecule has 316 valence electrons. The number of benzene rings is 8. The van der Waals surface area contributed by atoms with E-state index >= 15 is 0 Å². The van der Waals surface area contributed by atoms with Crippen LogP contribution in [0.3, 0.4) is 0 Å². The molecule has 2 aromatic heterocycles. The first-order valence-corrected chi connectivity index (χ1v) is 24.7. The van der Waals surface area contributed by atoms with Gasteiger partial charge in [-0.2, -0.15) is 10.1 Å². The summed E-state index contributed by atoms with van der Waals surface area (Å²) in [6.07, 6.45) is 1.99. The van der Waals surface area contributed by atoms with E-state index in [0.717, 1.165) is 39.6 Å². The van der Waals surface area contributed by atoms with Gasteiger partial charge >= 0.3 is 0 Å². The van der Waals surface area contributed by atoms with Crippen LogP contribution in [0, 0.1) is 0 Å². The molecule has 1 aliphatic heterocycles. The molecule has 65 heavy (non-hydrogen) atoms. The zero-order valence-corrected chi connectivity index (χ0v) is 38.1. The highest BCUT2D eigenvalue weighted by Gasteiger charge is 2.43. The minimum Gasteiger partial charge on any atom is -0.294 e. The largest absolute Gasteiger partial charge is 0.294 e. The van der Waals surface area contributed by atoms with E-state index in [0.29, 0.717) is 11.8 Å². The van der Waals surface area contributed by atoms with Gasteiger partial charge in [-0.15, -0.1) is 4.94 Å². The van der Waals surface area contributed by atoms with Crippen LogP contribution in [0.5, 0.6) is 0 Å². The second kappa shape index (κ2) is 16.6. The van der Waals surface area contributed by atoms with Crippen LogP contribution in [0.4, 0.5) is 22.7 Å². The molecule has 0 saturated carbocycles. The molecule has 0 spiro atoms. The van der Waals surface area contributed by atoms with Crippen LogP contribution >= 0.6 is 0 Å². The maximum atomic E-state index is 6.80. The summed E-state index contributed by atoms with van der Waals surface area (Å²) in [6.45, 7) is 9.17. The Kier molecular flexibility index (Phi) is 10.3. The smallest absolute Gasteiger partial charge is 0.179 e. The standard InChI is InChI=1S/C59H50N4OSi/c1-41(2)50-29-19-30-51(42(3)4)59(50)43-36-37-60-58(38-43)61-54-31-15-14-28-52(54)53-35-34-49(40-57(53)61)65(46-23-10-6-11-24-46,47-25-12-7-13-26-47)48-27-18-22-45(39-48)63-56-33-17-16-32-55(56)62(64-63)44-20-8-5-9-21-44/h5-42H,1-4H3. The topological polar surface area (TPSA) is 33.5 Å². The third kappa shape index (κ3) is 6.76. The van der Waals surface area contributed by atoms with E-state index in [-0.39, 0.29) is 0 Å². The van der Waals surface area contributed by atoms with Crippen LogP contribution in [0.25, 0.3) is 38.8 Å². The zero-order chi connectivity index (χ0) is 44.1. The second-order valence-electron chi connectivity index (χ2n) is 17.6. The maximum Gasteiger partial charge on any atom is 0.179 e. The van der Waals surface area contributed by atoms with E-state index in [1.165, 1.54) is 53.8 Å². The summed E-state index contributed by atoms with van der Waals surface area (Å²) >= 11 is 0. The van der Waals surface area contributed by atoms with Crippen LogP contribution in [0.1, 0.15) is 50.7 Å². The van der Waals surface area contributed by atoms with Crippen molar-refractivity contribution in [1.82, 2.24) is 9.55 Å². The fraction of sp³-hybridized carbons (Fsp3) is 0.102. The van der Waals surface area contributed by atoms with E-state index in [2.05, 4.69) is 226 Å². The van der Waals surface area contributed by atoms with Gasteiger partial charge in [-0.05, 0) is 116 Å². The average molecular weight is 859 g/mol. The summed E-state index contributed by atoms with van der Waals surface area (Å²) in [5.41, 5.74) is 11.4. The number of fused-ring (bicyclic) bond motifs is 4. The number of hydrogen-bond donors (Lipinski definition) is 0. The molecule has 6 heteroatoms. The van der Waals surface area contributed by atoms with Gasteiger partial charge in [-0.3, -0.25) is 4.57 Å². The molecule has 0 aliphatic carbocycles. The molecule has 1 aliphatic rings. The number of rotatable bonds is 10. The molecular formula is C59H50N4OSi. The van der Waals surface area contributed by atoms with Crippen molar-refractivity contribution in [2.75, 3.05) is 10.1 Å². The minimum atomic E-state index is -3.08. The molecule has 0 fully saturated rings. The van der Waals surface area contributed by atoms with Crippen molar-refractivity contribution in [3.63, 3.8) is 0 Å². The van der Waals surface area contributed by atoms with E-state index in [1.807, 2.05) is 34.5 Å². The normalized spacial score (nSPS) is 12.8. The Morgan fingerprint density at radius 1 is 0.431 bits per heavy atom. The van der Waals surface area contributed by atoms with Crippen molar-refractivity contribution in [1.29, 1.82) is 0 Å². The molecule has 0 atom stereocenters. The molecular weight excluding hydrogens is 809 g/mol. The Morgan fingerprint density at radius 2 is 0.954 bits per heavy atom. The lowest BCUT2D eigenvalue weighted by Gasteiger charge is -2.35. The molecule has 0 saturated heterocycles. The Morgan fingerprint density at radius 3 is 1.62 bits per heavy atom. The Hall–Kier alpha value is -7.51. The summed E-state index contributed by atoms with van der Waals surface area (Å²) in [6, 6.07) is 77.3. The number of pyridine rings is 1. The molecule has 11 rings (SSSR count). The second-order valence-corrected chi connectivity index (χ2v) is 21.4. The lowest BCUT2D eigenvalue weighted by atomic mass is 9.85. The first-order chi connectivity index (χ1) is 31.9. The lowest BCUT2D eigenvalue weighted by molar-refractivity contribution is 0.156. The number of para-hydroxylation sites is 4. The van der Waals surface area contributed by atoms with Crippen molar-refractivity contribution < 1.29 is 4.94 Å². The molecule has 10 aromatic rings. The lowest BCUT2D eigenvalue weighted by Crippen LogP contribution is -2.74. The SMILES string of the molecule is CC(C)c1cccc(C(C)C)c1-c1ccnc(-n2c3ccccc3c3ccc([Si](c4ccccc4)(c4ccccc4)c4cccc(N5ON(c6ccccc6)c6ccccc65)c4)cc32)c1. The van der Waals surface area contributed by atoms with Crippen molar-refractivity contribution in [3.8, 4) is 16.9 Å². The van der Waals surface area contributed by atoms with Crippen LogP contribution in [-0.2, 0) is 4.94 Å². The summed E-state index contributed by atoms with van der Waals surface area (Å²) in [5, 5.41) is 11.4. The highest BCUT2D eigenvalue weighted by atomic mass is 28.3. The third-order valence-corrected chi connectivity index (χ3v) is 17.9. The number of anilines is 4. The van der Waals surface area contributed by atoms with E-state index < -0.39 is 8.07 Å². The van der Waals surface area contributed by atoms with Gasteiger partial charge in [0.05, 0.1) is 33.8 Å². The molecule has 0 bridgehead atoms. The van der Waals surface area contributed by atoms with Crippen molar-refractivity contribution in [2.45, 2.75) is 39.5 Å². The Bertz CT molecular complexity index is 3260. The van der Waals surface area contributed by atoms with Gasteiger partial charge in [-0.25, -0.2) is 4.98 Å². The van der Waals surface area contributed by atoms with E-state index in [1.54, 1.807) is 0 Å². The Labute approximate surface area is 382 Å². The zero-order valence-electron chi connectivity index (χ0n) is 37.1. The first kappa shape index (κ1) is 40.3. The predicted molar refractivity (Wildman–Crippen MR) is 274 cm³/mol. The Balaban J connectivity index is 1.15. The molecule has 8 aromatic carbocycles. The first-order valence-electron chi connectivity index (χ1n) is 22.7. The van der Waals surface area contributed by atoms with Crippen LogP contribution in [0.15, 0.2) is 219 Å². The number of hydrogen-bond acceptors (Lipinski definition) is 4. The summed E-state index contributed by atoms with van der Waals surface area (Å²) < 4.78 is 2.39. The third-order valence-electron chi connectivity index (χ3n) is 13.1. The van der Waals surface area contributed by atoms with Crippen molar-refractivity contribution in [2.24, 2.45) is 0 Å². The van der Waals surface area contributed by atoms with E-state index in [9.17, 15) is 0 Å². The summed E-state index contributed by atoms with van der Waals surface area (Å²) in [4.78, 5) is 12.0. The quantitative estimate of drug-likeness (QED) is 0.101. The monoisotopic (exact) mass is 858 g/mol. The van der Waals surface area contributed by atoms with Gasteiger partial charge < -0.3 is 0 Å². The number of aromatic nitrogens is 2. The number of nitrogens with zero attached hydrogens (tertiary/aromatic N) is 4. The molecule has 0 amide bonds. The van der Waals surface area contributed by atoms with Gasteiger partial charge in [0.1, 0.15) is 5.82 Å². The van der Waals surface area contributed by atoms with E-state index in [4.69, 9.17) is 9.92 Å². The van der Waals surface area contributed by atoms with Crippen molar-refractivity contribution >= 4 is 73.4 Å². The maximum absolute atomic E-state index is 6.80. The molecule has 0 N–H and O–H groups in total. The predicted octanol–water partition coefficient (Wildman–Crippen LogP) is 12.6. The molecule has 0 radical (unpaired) electrons. The minimum absolute atomic E-state index is 0.373. The summed E-state index contributed by atoms with van der Waals surface area (Å²) in [7, 11) is -3.08. The molecule has 0 unspecified atom stereocenters. The fourth-order valence-corrected chi connectivity index (χ4v) is 15.0. The fourth-order valence-electron chi connectivity index (χ4n) is 10.2. The van der Waals surface area contributed by atoms with Crippen LogP contribution < -0.4 is 30.9 Å². The molecule has 3 heterocycles. The van der Waals surface area contributed by atoms with Crippen LogP contribution in [0.2, 0.25) is 0 Å². The van der Waals surface area contributed by atoms with Gasteiger partial charge in [0.2, 0.25) is 0 Å². The summed E-state index contributed by atoms with van der Waals surface area (Å²) in [5.74, 6) is 1.65. The van der Waals surface area contributed by atoms with Gasteiger partial charge in [-0.1, -0.05) is 179 Å².